The van der Waals surface area contributed by atoms with Crippen LogP contribution in [0.5, 0.6) is 0 Å². The Hall–Kier alpha value is -1.14. The molecule has 0 saturated carbocycles. The highest BCUT2D eigenvalue weighted by Crippen LogP contribution is 1.96. The number of aliphatic hydroxyl groups is 1. The van der Waals surface area contributed by atoms with E-state index in [1.54, 1.807) is 19.9 Å². The second kappa shape index (κ2) is 6.33. The van der Waals surface area contributed by atoms with Gasteiger partial charge in [0, 0.05) is 19.2 Å². The number of hydrogen-bond acceptors (Lipinski definition) is 3. The van der Waals surface area contributed by atoms with Gasteiger partial charge in [0.1, 0.15) is 11.4 Å². The molecule has 14 heavy (non-hydrogen) atoms. The van der Waals surface area contributed by atoms with E-state index in [4.69, 9.17) is 0 Å². The Bertz CT molecular complexity index is 232. The van der Waals surface area contributed by atoms with E-state index >= 15 is 0 Å². The minimum Gasteiger partial charge on any atom is -0.378 e. The summed E-state index contributed by atoms with van der Waals surface area (Å²) in [6.07, 6.45) is 1.74. The summed E-state index contributed by atoms with van der Waals surface area (Å²) in [5.74, 6) is 6.42. The monoisotopic (exact) mass is 196 g/mol. The van der Waals surface area contributed by atoms with E-state index in [2.05, 4.69) is 22.5 Å². The number of rotatable bonds is 4. The number of nitrogens with one attached hydrogen (secondary N) is 2. The van der Waals surface area contributed by atoms with Gasteiger partial charge in [-0.25, -0.2) is 0 Å². The second-order valence-electron chi connectivity index (χ2n) is 3.45. The molecule has 0 bridgehead atoms. The van der Waals surface area contributed by atoms with Gasteiger partial charge in [-0.1, -0.05) is 11.8 Å². The Kier molecular flexibility index (Phi) is 5.82. The van der Waals surface area contributed by atoms with Crippen molar-refractivity contribution in [3.8, 4) is 11.8 Å². The molecule has 0 saturated heterocycles. The normalized spacial score (nSPS) is 9.79. The molecular weight excluding hydrogens is 176 g/mol. The fraction of sp³-hybridized carbons (Fsp3) is 0.636. The van der Waals surface area contributed by atoms with Crippen LogP contribution in [0, 0.1) is 11.8 Å². The fourth-order valence-corrected chi connectivity index (χ4v) is 0.830. The lowest BCUT2D eigenvalue weighted by Crippen LogP contribution is -2.25. The highest BCUT2D eigenvalue weighted by molar-refractivity contribution is 5.23. The molecule has 0 aromatic carbocycles. The third kappa shape index (κ3) is 7.51. The predicted octanol–water partition coefficient (Wildman–Crippen LogP) is 0.821. The molecule has 0 amide bonds. The van der Waals surface area contributed by atoms with Gasteiger partial charge in [-0.2, -0.15) is 0 Å². The van der Waals surface area contributed by atoms with Gasteiger partial charge in [-0.15, -0.1) is 0 Å². The minimum atomic E-state index is -0.931. The van der Waals surface area contributed by atoms with Crippen LogP contribution in [0.15, 0.2) is 11.9 Å². The van der Waals surface area contributed by atoms with E-state index in [1.807, 2.05) is 13.8 Å². The standard InChI is InChI=1S/C11H20N2O/c1-5-12-10(13-6-2)8-7-9-11(3,4)14/h8,12-14H,5-6H2,1-4H3. The van der Waals surface area contributed by atoms with Gasteiger partial charge in [-0.3, -0.25) is 0 Å². The molecular formula is C11H20N2O. The van der Waals surface area contributed by atoms with Crippen LogP contribution in [0.25, 0.3) is 0 Å². The lowest BCUT2D eigenvalue weighted by molar-refractivity contribution is 0.143. The summed E-state index contributed by atoms with van der Waals surface area (Å²) in [5, 5.41) is 15.6. The topological polar surface area (TPSA) is 44.3 Å². The van der Waals surface area contributed by atoms with E-state index in [-0.39, 0.29) is 0 Å². The zero-order valence-corrected chi connectivity index (χ0v) is 9.44. The summed E-state index contributed by atoms with van der Waals surface area (Å²) < 4.78 is 0. The first kappa shape index (κ1) is 12.9. The Balaban J connectivity index is 4.32. The van der Waals surface area contributed by atoms with E-state index in [0.717, 1.165) is 18.9 Å². The molecule has 0 rings (SSSR count). The molecule has 80 valence electrons. The SMILES string of the molecule is CCNC(=CC#CC(C)(C)O)NCC. The first-order valence-electron chi connectivity index (χ1n) is 4.92. The third-order valence-electron chi connectivity index (χ3n) is 1.33. The van der Waals surface area contributed by atoms with Crippen molar-refractivity contribution in [1.82, 2.24) is 10.6 Å². The molecule has 0 heterocycles. The molecule has 0 aromatic heterocycles. The second-order valence-corrected chi connectivity index (χ2v) is 3.45. The molecule has 0 fully saturated rings. The van der Waals surface area contributed by atoms with Gasteiger partial charge in [0.2, 0.25) is 0 Å². The van der Waals surface area contributed by atoms with Gasteiger partial charge >= 0.3 is 0 Å². The van der Waals surface area contributed by atoms with Gasteiger partial charge in [0.25, 0.3) is 0 Å². The molecule has 3 N–H and O–H groups in total. The van der Waals surface area contributed by atoms with E-state index in [1.165, 1.54) is 0 Å². The lowest BCUT2D eigenvalue weighted by Gasteiger charge is -2.09. The van der Waals surface area contributed by atoms with Crippen LogP contribution >= 0.6 is 0 Å². The van der Waals surface area contributed by atoms with Crippen molar-refractivity contribution in [3.63, 3.8) is 0 Å². The molecule has 3 heteroatoms. The molecule has 0 aliphatic heterocycles. The van der Waals surface area contributed by atoms with Crippen molar-refractivity contribution < 1.29 is 5.11 Å². The van der Waals surface area contributed by atoms with Crippen molar-refractivity contribution >= 4 is 0 Å². The summed E-state index contributed by atoms with van der Waals surface area (Å²) in [7, 11) is 0. The minimum absolute atomic E-state index is 0.850. The quantitative estimate of drug-likeness (QED) is 0.583. The Labute approximate surface area is 86.6 Å². The molecule has 0 aliphatic rings. The zero-order valence-electron chi connectivity index (χ0n) is 9.44. The van der Waals surface area contributed by atoms with Crippen LogP contribution in [-0.4, -0.2) is 23.8 Å². The van der Waals surface area contributed by atoms with Gasteiger partial charge < -0.3 is 15.7 Å². The van der Waals surface area contributed by atoms with Crippen molar-refractivity contribution in [2.24, 2.45) is 0 Å². The molecule has 0 aliphatic carbocycles. The molecule has 0 unspecified atom stereocenters. The van der Waals surface area contributed by atoms with Crippen LogP contribution in [-0.2, 0) is 0 Å². The fourth-order valence-electron chi connectivity index (χ4n) is 0.830. The summed E-state index contributed by atoms with van der Waals surface area (Å²) in [6, 6.07) is 0. The maximum Gasteiger partial charge on any atom is 0.120 e. The zero-order chi connectivity index (χ0) is 11.0. The van der Waals surface area contributed by atoms with Crippen LogP contribution < -0.4 is 10.6 Å². The highest BCUT2D eigenvalue weighted by atomic mass is 16.3. The Morgan fingerprint density at radius 2 is 1.79 bits per heavy atom. The van der Waals surface area contributed by atoms with E-state index in [9.17, 15) is 5.11 Å². The summed E-state index contributed by atoms with van der Waals surface area (Å²) in [6.45, 7) is 9.07. The Morgan fingerprint density at radius 3 is 2.14 bits per heavy atom. The van der Waals surface area contributed by atoms with E-state index in [0.29, 0.717) is 0 Å². The molecule has 0 radical (unpaired) electrons. The highest BCUT2D eigenvalue weighted by Gasteiger charge is 2.04. The average molecular weight is 196 g/mol. The van der Waals surface area contributed by atoms with Crippen molar-refractivity contribution in [2.75, 3.05) is 13.1 Å². The number of hydrogen-bond donors (Lipinski definition) is 3. The maximum atomic E-state index is 9.35. The largest absolute Gasteiger partial charge is 0.378 e. The first-order valence-corrected chi connectivity index (χ1v) is 4.92. The van der Waals surface area contributed by atoms with Gasteiger partial charge in [0.15, 0.2) is 0 Å². The first-order chi connectivity index (χ1) is 6.49. The lowest BCUT2D eigenvalue weighted by atomic mass is 10.1. The van der Waals surface area contributed by atoms with Gasteiger partial charge in [0.05, 0.1) is 0 Å². The van der Waals surface area contributed by atoms with Gasteiger partial charge in [-0.05, 0) is 27.7 Å². The van der Waals surface area contributed by atoms with Crippen molar-refractivity contribution in [1.29, 1.82) is 0 Å². The summed E-state index contributed by atoms with van der Waals surface area (Å²) in [5.41, 5.74) is -0.931. The number of allylic oxidation sites excluding steroid dienone is 1. The molecule has 0 spiro atoms. The van der Waals surface area contributed by atoms with Crippen LogP contribution in [0.4, 0.5) is 0 Å². The maximum absolute atomic E-state index is 9.35. The predicted molar refractivity (Wildman–Crippen MR) is 59.5 cm³/mol. The smallest absolute Gasteiger partial charge is 0.120 e. The summed E-state index contributed by atoms with van der Waals surface area (Å²) in [4.78, 5) is 0. The Morgan fingerprint density at radius 1 is 1.29 bits per heavy atom. The van der Waals surface area contributed by atoms with Crippen molar-refractivity contribution in [2.45, 2.75) is 33.3 Å². The van der Waals surface area contributed by atoms with Crippen LogP contribution in [0.3, 0.4) is 0 Å². The van der Waals surface area contributed by atoms with Crippen molar-refractivity contribution in [3.05, 3.63) is 11.9 Å². The third-order valence-corrected chi connectivity index (χ3v) is 1.33. The van der Waals surface area contributed by atoms with E-state index < -0.39 is 5.60 Å². The van der Waals surface area contributed by atoms with Crippen LogP contribution in [0.1, 0.15) is 27.7 Å². The van der Waals surface area contributed by atoms with Crippen LogP contribution in [0.2, 0.25) is 0 Å². The molecule has 0 atom stereocenters. The molecule has 3 nitrogen and oxygen atoms in total. The average Bonchev–Trinajstić information content (AvgIpc) is 2.02. The summed E-state index contributed by atoms with van der Waals surface area (Å²) >= 11 is 0. The molecule has 0 aromatic rings.